The number of hydrogen-bond donors (Lipinski definition) is 0. The third-order valence-corrected chi connectivity index (χ3v) is 5.16. The zero-order chi connectivity index (χ0) is 21.6. The van der Waals surface area contributed by atoms with Gasteiger partial charge in [-0.15, -0.1) is 0 Å². The Labute approximate surface area is 174 Å². The first kappa shape index (κ1) is 20.3. The molecule has 4 rings (SSSR count). The summed E-state index contributed by atoms with van der Waals surface area (Å²) in [6.07, 6.45) is -4.18. The molecular weight excluding hydrogens is 425 g/mol. The van der Waals surface area contributed by atoms with E-state index >= 15 is 0 Å². The normalized spacial score (nSPS) is 14.0. The predicted molar refractivity (Wildman–Crippen MR) is 103 cm³/mol. The van der Waals surface area contributed by atoms with Gasteiger partial charge in [0.2, 0.25) is 11.8 Å². The van der Waals surface area contributed by atoms with E-state index < -0.39 is 17.8 Å². The van der Waals surface area contributed by atoms with Gasteiger partial charge in [0.15, 0.2) is 5.69 Å². The van der Waals surface area contributed by atoms with Crippen LogP contribution in [0, 0.1) is 0 Å². The first-order valence-electron chi connectivity index (χ1n) is 8.93. The lowest BCUT2D eigenvalue weighted by atomic mass is 10.1. The maximum atomic E-state index is 13.7. The van der Waals surface area contributed by atoms with Crippen LogP contribution in [0.5, 0.6) is 5.88 Å². The summed E-state index contributed by atoms with van der Waals surface area (Å²) in [6, 6.07) is 5.68. The van der Waals surface area contributed by atoms with Crippen molar-refractivity contribution in [3.63, 3.8) is 0 Å². The van der Waals surface area contributed by atoms with Crippen LogP contribution in [0.1, 0.15) is 22.5 Å². The number of ether oxygens (including phenoxy) is 2. The zero-order valence-electron chi connectivity index (χ0n) is 16.0. The number of benzene rings is 1. The van der Waals surface area contributed by atoms with E-state index in [1.165, 1.54) is 43.4 Å². The number of aromatic nitrogens is 3. The molecular formula is C19H16ClF3N4O3. The number of imidazole rings is 1. The van der Waals surface area contributed by atoms with Crippen molar-refractivity contribution in [2.24, 2.45) is 0 Å². The Morgan fingerprint density at radius 1 is 1.13 bits per heavy atom. The molecule has 2 aromatic heterocycles. The Hall–Kier alpha value is -3.01. The topological polar surface area (TPSA) is 69.5 Å². The van der Waals surface area contributed by atoms with Gasteiger partial charge in [0, 0.05) is 19.2 Å². The van der Waals surface area contributed by atoms with Crippen molar-refractivity contribution in [3.8, 4) is 5.88 Å². The van der Waals surface area contributed by atoms with Crippen LogP contribution in [-0.4, -0.2) is 41.3 Å². The highest BCUT2D eigenvalue weighted by atomic mass is 35.5. The molecule has 0 N–H and O–H groups in total. The van der Waals surface area contributed by atoms with E-state index in [-0.39, 0.29) is 34.6 Å². The highest BCUT2D eigenvalue weighted by molar-refractivity contribution is 6.35. The second-order valence-corrected chi connectivity index (χ2v) is 6.98. The number of methoxy groups -OCH3 is 2. The van der Waals surface area contributed by atoms with Crippen molar-refractivity contribution < 1.29 is 27.4 Å². The summed E-state index contributed by atoms with van der Waals surface area (Å²) in [5, 5.41) is 0.281. The number of carbonyl (C=O) groups is 1. The first-order chi connectivity index (χ1) is 14.3. The zero-order valence-corrected chi connectivity index (χ0v) is 16.7. The Balaban J connectivity index is 1.96. The lowest BCUT2D eigenvalue weighted by Gasteiger charge is -2.30. The highest BCUT2D eigenvalue weighted by Gasteiger charge is 2.39. The fraction of sp³-hybridized carbons (Fsp3) is 0.316. The van der Waals surface area contributed by atoms with Crippen LogP contribution >= 0.6 is 11.6 Å². The molecule has 3 heterocycles. The maximum Gasteiger partial charge on any atom is 0.435 e. The van der Waals surface area contributed by atoms with Crippen molar-refractivity contribution in [1.82, 2.24) is 14.5 Å². The summed E-state index contributed by atoms with van der Waals surface area (Å²) in [4.78, 5) is 21.8. The molecule has 0 saturated heterocycles. The number of rotatable bonds is 3. The molecule has 7 nitrogen and oxygen atoms in total. The Bertz CT molecular complexity index is 1150. The van der Waals surface area contributed by atoms with E-state index in [9.17, 15) is 18.0 Å². The van der Waals surface area contributed by atoms with Gasteiger partial charge in [-0.2, -0.15) is 13.2 Å². The molecule has 0 bridgehead atoms. The van der Waals surface area contributed by atoms with Crippen molar-refractivity contribution in [3.05, 3.63) is 40.5 Å². The number of halogens is 4. The molecule has 0 spiro atoms. The molecule has 0 radical (unpaired) electrons. The van der Waals surface area contributed by atoms with Crippen molar-refractivity contribution in [2.75, 3.05) is 25.7 Å². The quantitative estimate of drug-likeness (QED) is 0.561. The first-order valence-corrected chi connectivity index (χ1v) is 9.31. The minimum absolute atomic E-state index is 0.146. The van der Waals surface area contributed by atoms with Crippen LogP contribution in [0.25, 0.3) is 11.0 Å². The smallest absolute Gasteiger partial charge is 0.435 e. The molecule has 0 unspecified atom stereocenters. The van der Waals surface area contributed by atoms with Crippen LogP contribution < -0.4 is 9.64 Å². The van der Waals surface area contributed by atoms with Gasteiger partial charge in [-0.1, -0.05) is 11.6 Å². The number of alkyl halides is 3. The van der Waals surface area contributed by atoms with Crippen molar-refractivity contribution >= 4 is 40.2 Å². The van der Waals surface area contributed by atoms with E-state index in [4.69, 9.17) is 21.1 Å². The van der Waals surface area contributed by atoms with Gasteiger partial charge in [-0.25, -0.2) is 14.8 Å². The average Bonchev–Trinajstić information content (AvgIpc) is 3.13. The maximum absolute atomic E-state index is 13.7. The second-order valence-electron chi connectivity index (χ2n) is 6.57. The SMILES string of the molecule is COC(=O)c1ccc(Cl)c2nc3n(c12)CCCN3c1ccc(OC)nc1C(F)(F)F. The fourth-order valence-corrected chi connectivity index (χ4v) is 3.77. The highest BCUT2D eigenvalue weighted by Crippen LogP contribution is 2.42. The second kappa shape index (κ2) is 7.35. The van der Waals surface area contributed by atoms with Crippen LogP contribution in [0.15, 0.2) is 24.3 Å². The molecule has 1 aliphatic rings. The third kappa shape index (κ3) is 3.20. The van der Waals surface area contributed by atoms with Crippen LogP contribution in [-0.2, 0) is 17.5 Å². The Morgan fingerprint density at radius 2 is 1.90 bits per heavy atom. The van der Waals surface area contributed by atoms with Crippen LogP contribution in [0.4, 0.5) is 24.8 Å². The van der Waals surface area contributed by atoms with Crippen LogP contribution in [0.3, 0.4) is 0 Å². The van der Waals surface area contributed by atoms with E-state index in [1.54, 1.807) is 4.57 Å². The largest absolute Gasteiger partial charge is 0.481 e. The molecule has 1 aromatic carbocycles. The number of aryl methyl sites for hydroxylation is 1. The van der Waals surface area contributed by atoms with E-state index in [1.807, 2.05) is 0 Å². The monoisotopic (exact) mass is 440 g/mol. The summed E-state index contributed by atoms with van der Waals surface area (Å²) >= 11 is 6.28. The minimum Gasteiger partial charge on any atom is -0.481 e. The third-order valence-electron chi connectivity index (χ3n) is 4.85. The molecule has 11 heteroatoms. The van der Waals surface area contributed by atoms with Gasteiger partial charge < -0.3 is 18.9 Å². The number of nitrogens with zero attached hydrogens (tertiary/aromatic N) is 4. The van der Waals surface area contributed by atoms with E-state index in [2.05, 4.69) is 9.97 Å². The molecule has 0 fully saturated rings. The number of esters is 1. The summed E-state index contributed by atoms with van der Waals surface area (Å²) in [7, 11) is 2.50. The fourth-order valence-electron chi connectivity index (χ4n) is 3.58. The number of pyridine rings is 1. The molecule has 30 heavy (non-hydrogen) atoms. The average molecular weight is 441 g/mol. The van der Waals surface area contributed by atoms with Crippen LogP contribution in [0.2, 0.25) is 5.02 Å². The molecule has 0 amide bonds. The van der Waals surface area contributed by atoms with Gasteiger partial charge in [0.25, 0.3) is 0 Å². The summed E-state index contributed by atoms with van der Waals surface area (Å²) in [5.41, 5.74) is -0.265. The summed E-state index contributed by atoms with van der Waals surface area (Å²) < 4.78 is 52.6. The molecule has 0 aliphatic carbocycles. The Kier molecular flexibility index (Phi) is 4.97. The summed E-state index contributed by atoms with van der Waals surface area (Å²) in [5.74, 6) is -0.488. The number of carbonyl (C=O) groups excluding carboxylic acids is 1. The molecule has 0 atom stereocenters. The van der Waals surface area contributed by atoms with Gasteiger partial charge in [-0.3, -0.25) is 0 Å². The van der Waals surface area contributed by atoms with Crippen molar-refractivity contribution in [2.45, 2.75) is 19.1 Å². The summed E-state index contributed by atoms with van der Waals surface area (Å²) in [6.45, 7) is 0.739. The Morgan fingerprint density at radius 3 is 2.57 bits per heavy atom. The molecule has 1 aliphatic heterocycles. The van der Waals surface area contributed by atoms with Gasteiger partial charge in [0.05, 0.1) is 36.0 Å². The number of fused-ring (bicyclic) bond motifs is 3. The van der Waals surface area contributed by atoms with E-state index in [0.29, 0.717) is 24.0 Å². The molecule has 3 aromatic rings. The number of hydrogen-bond acceptors (Lipinski definition) is 6. The standard InChI is InChI=1S/C19H16ClF3N4O3/c1-29-13-7-6-12(16(24-13)19(21,22)23)26-8-3-9-27-15-10(17(28)30-2)4-5-11(20)14(15)25-18(26)27/h4-7H,3,8-9H2,1-2H3. The number of anilines is 2. The van der Waals surface area contributed by atoms with E-state index in [0.717, 1.165) is 0 Å². The van der Waals surface area contributed by atoms with Crippen molar-refractivity contribution in [1.29, 1.82) is 0 Å². The lowest BCUT2D eigenvalue weighted by molar-refractivity contribution is -0.140. The lowest BCUT2D eigenvalue weighted by Crippen LogP contribution is -2.30. The molecule has 158 valence electrons. The van der Waals surface area contributed by atoms with Gasteiger partial charge >= 0.3 is 12.1 Å². The van der Waals surface area contributed by atoms with Gasteiger partial charge in [0.1, 0.15) is 5.52 Å². The molecule has 0 saturated carbocycles. The predicted octanol–water partition coefficient (Wildman–Crippen LogP) is 4.44. The minimum atomic E-state index is -4.70. The van der Waals surface area contributed by atoms with Gasteiger partial charge in [-0.05, 0) is 24.6 Å².